The minimum absolute atomic E-state index is 0.00829. The number of hydrogen-bond donors (Lipinski definition) is 2. The van der Waals surface area contributed by atoms with Crippen molar-refractivity contribution in [3.05, 3.63) is 41.7 Å². The zero-order chi connectivity index (χ0) is 18.4. The molecule has 0 aliphatic heterocycles. The average molecular weight is 386 g/mol. The predicted octanol–water partition coefficient (Wildman–Crippen LogP) is 1.05. The van der Waals surface area contributed by atoms with E-state index in [1.165, 1.54) is 23.0 Å². The molecule has 0 bridgehead atoms. The third-order valence-electron chi connectivity index (χ3n) is 3.51. The largest absolute Gasteiger partial charge is 0.350 e. The average Bonchev–Trinajstić information content (AvgIpc) is 3.05. The van der Waals surface area contributed by atoms with E-state index < -0.39 is 15.9 Å². The van der Waals surface area contributed by atoms with Crippen molar-refractivity contribution in [3.8, 4) is 0 Å². The fraction of sp³-hybridized carbons (Fsp3) is 0.400. The molecule has 0 aliphatic rings. The normalized spacial score (nSPS) is 13.0. The van der Waals surface area contributed by atoms with Gasteiger partial charge < -0.3 is 5.32 Å². The van der Waals surface area contributed by atoms with Gasteiger partial charge in [-0.1, -0.05) is 31.5 Å². The second-order valence-electron chi connectivity index (χ2n) is 5.78. The fourth-order valence-corrected chi connectivity index (χ4v) is 3.36. The molecule has 1 aromatic heterocycles. The third-order valence-corrected chi connectivity index (χ3v) is 5.14. The second kappa shape index (κ2) is 8.41. The standard InChI is InChI=1S/C15H20ClN5O3S/c1-11(2)14(10-21-17-6-7-18-21)20-15(22)9-19-25(23,24)13-5-3-4-12(16)8-13/h3-8,11,14,19H,9-10H2,1-2H3,(H,20,22). The number of benzene rings is 1. The van der Waals surface area contributed by atoms with Crippen LogP contribution in [0.2, 0.25) is 5.02 Å². The van der Waals surface area contributed by atoms with Crippen LogP contribution in [0, 0.1) is 5.92 Å². The monoisotopic (exact) mass is 385 g/mol. The van der Waals surface area contributed by atoms with E-state index in [1.807, 2.05) is 13.8 Å². The number of sulfonamides is 1. The molecule has 0 saturated carbocycles. The van der Waals surface area contributed by atoms with Crippen molar-refractivity contribution >= 4 is 27.5 Å². The van der Waals surface area contributed by atoms with Crippen LogP contribution in [-0.4, -0.2) is 41.9 Å². The molecular weight excluding hydrogens is 366 g/mol. The molecule has 10 heteroatoms. The summed E-state index contributed by atoms with van der Waals surface area (Å²) in [6.45, 7) is 3.93. The first-order valence-electron chi connectivity index (χ1n) is 7.66. The maximum absolute atomic E-state index is 12.2. The van der Waals surface area contributed by atoms with E-state index in [4.69, 9.17) is 11.6 Å². The van der Waals surface area contributed by atoms with Crippen molar-refractivity contribution in [1.29, 1.82) is 0 Å². The van der Waals surface area contributed by atoms with Crippen molar-refractivity contribution in [2.45, 2.75) is 31.3 Å². The second-order valence-corrected chi connectivity index (χ2v) is 7.99. The van der Waals surface area contributed by atoms with Gasteiger partial charge in [0.15, 0.2) is 0 Å². The van der Waals surface area contributed by atoms with Gasteiger partial charge >= 0.3 is 0 Å². The Morgan fingerprint density at radius 2 is 1.96 bits per heavy atom. The Kier molecular flexibility index (Phi) is 6.51. The zero-order valence-electron chi connectivity index (χ0n) is 13.9. The Labute approximate surface area is 151 Å². The summed E-state index contributed by atoms with van der Waals surface area (Å²) in [5.41, 5.74) is 0. The third kappa shape index (κ3) is 5.80. The molecule has 0 spiro atoms. The highest BCUT2D eigenvalue weighted by atomic mass is 35.5. The van der Waals surface area contributed by atoms with Gasteiger partial charge in [0.1, 0.15) is 0 Å². The summed E-state index contributed by atoms with van der Waals surface area (Å²) in [6, 6.07) is 5.61. The molecule has 1 atom stereocenters. The maximum atomic E-state index is 12.2. The molecule has 2 rings (SSSR count). The summed E-state index contributed by atoms with van der Waals surface area (Å²) >= 11 is 5.80. The smallest absolute Gasteiger partial charge is 0.241 e. The molecule has 1 aromatic carbocycles. The molecule has 0 saturated heterocycles. The van der Waals surface area contributed by atoms with Gasteiger partial charge in [0.2, 0.25) is 15.9 Å². The molecule has 0 aliphatic carbocycles. The van der Waals surface area contributed by atoms with Crippen LogP contribution in [0.3, 0.4) is 0 Å². The first-order chi connectivity index (χ1) is 11.8. The summed E-state index contributed by atoms with van der Waals surface area (Å²) in [4.78, 5) is 13.6. The van der Waals surface area contributed by atoms with Crippen LogP contribution in [0.15, 0.2) is 41.6 Å². The Bertz CT molecular complexity index is 808. The van der Waals surface area contributed by atoms with Crippen LogP contribution in [0.25, 0.3) is 0 Å². The lowest BCUT2D eigenvalue weighted by Gasteiger charge is -2.22. The van der Waals surface area contributed by atoms with Crippen LogP contribution < -0.4 is 10.0 Å². The molecule has 25 heavy (non-hydrogen) atoms. The highest BCUT2D eigenvalue weighted by molar-refractivity contribution is 7.89. The first-order valence-corrected chi connectivity index (χ1v) is 9.53. The molecule has 2 N–H and O–H groups in total. The Balaban J connectivity index is 1.94. The Morgan fingerprint density at radius 1 is 1.28 bits per heavy atom. The number of amides is 1. The summed E-state index contributed by atoms with van der Waals surface area (Å²) in [5, 5.41) is 11.1. The predicted molar refractivity (Wildman–Crippen MR) is 93.4 cm³/mol. The number of carbonyl (C=O) groups excluding carboxylic acids is 1. The number of hydrogen-bond acceptors (Lipinski definition) is 5. The highest BCUT2D eigenvalue weighted by Gasteiger charge is 2.20. The molecule has 1 heterocycles. The Hall–Kier alpha value is -1.97. The maximum Gasteiger partial charge on any atom is 0.241 e. The van der Waals surface area contributed by atoms with Gasteiger partial charge in [0, 0.05) is 5.02 Å². The topological polar surface area (TPSA) is 106 Å². The van der Waals surface area contributed by atoms with Crippen LogP contribution in [0.5, 0.6) is 0 Å². The molecule has 136 valence electrons. The lowest BCUT2D eigenvalue weighted by molar-refractivity contribution is -0.121. The van der Waals surface area contributed by atoms with Gasteiger partial charge in [-0.25, -0.2) is 13.1 Å². The number of nitrogens with zero attached hydrogens (tertiary/aromatic N) is 3. The molecule has 1 unspecified atom stereocenters. The minimum atomic E-state index is -3.81. The van der Waals surface area contributed by atoms with Gasteiger partial charge in [-0.3, -0.25) is 4.79 Å². The SMILES string of the molecule is CC(C)C(Cn1nccn1)NC(=O)CNS(=O)(=O)c1cccc(Cl)c1. The van der Waals surface area contributed by atoms with E-state index in [1.54, 1.807) is 18.5 Å². The summed E-state index contributed by atoms with van der Waals surface area (Å²) < 4.78 is 26.7. The van der Waals surface area contributed by atoms with Gasteiger partial charge in [0.05, 0.1) is 36.4 Å². The van der Waals surface area contributed by atoms with Gasteiger partial charge in [-0.2, -0.15) is 15.0 Å². The number of rotatable bonds is 8. The van der Waals surface area contributed by atoms with E-state index >= 15 is 0 Å². The number of aromatic nitrogens is 3. The van der Waals surface area contributed by atoms with Crippen LogP contribution >= 0.6 is 11.6 Å². The van der Waals surface area contributed by atoms with Crippen molar-refractivity contribution < 1.29 is 13.2 Å². The van der Waals surface area contributed by atoms with Crippen LogP contribution in [0.1, 0.15) is 13.8 Å². The minimum Gasteiger partial charge on any atom is -0.350 e. The van der Waals surface area contributed by atoms with E-state index in [0.717, 1.165) is 0 Å². The number of nitrogens with one attached hydrogen (secondary N) is 2. The lowest BCUT2D eigenvalue weighted by Crippen LogP contribution is -2.46. The molecule has 1 amide bonds. The molecule has 0 fully saturated rings. The van der Waals surface area contributed by atoms with E-state index in [2.05, 4.69) is 20.2 Å². The summed E-state index contributed by atoms with van der Waals surface area (Å²) in [6.07, 6.45) is 3.11. The Morgan fingerprint density at radius 3 is 2.56 bits per heavy atom. The quantitative estimate of drug-likeness (QED) is 0.706. The zero-order valence-corrected chi connectivity index (χ0v) is 15.5. The molecular formula is C15H20ClN5O3S. The van der Waals surface area contributed by atoms with Crippen LogP contribution in [0.4, 0.5) is 0 Å². The van der Waals surface area contributed by atoms with Crippen LogP contribution in [-0.2, 0) is 21.4 Å². The van der Waals surface area contributed by atoms with Crippen molar-refractivity contribution in [2.24, 2.45) is 5.92 Å². The molecule has 2 aromatic rings. The van der Waals surface area contributed by atoms with E-state index in [0.29, 0.717) is 11.6 Å². The summed E-state index contributed by atoms with van der Waals surface area (Å²) in [5.74, 6) is -0.309. The number of carbonyl (C=O) groups is 1. The van der Waals surface area contributed by atoms with Crippen molar-refractivity contribution in [3.63, 3.8) is 0 Å². The van der Waals surface area contributed by atoms with E-state index in [9.17, 15) is 13.2 Å². The number of halogens is 1. The highest BCUT2D eigenvalue weighted by Crippen LogP contribution is 2.15. The first kappa shape index (κ1) is 19.4. The van der Waals surface area contributed by atoms with Crippen molar-refractivity contribution in [2.75, 3.05) is 6.54 Å². The molecule has 8 nitrogen and oxygen atoms in total. The molecule has 0 radical (unpaired) electrons. The summed E-state index contributed by atoms with van der Waals surface area (Å²) in [7, 11) is -3.81. The van der Waals surface area contributed by atoms with Gasteiger partial charge in [-0.05, 0) is 24.1 Å². The van der Waals surface area contributed by atoms with Gasteiger partial charge in [-0.15, -0.1) is 0 Å². The van der Waals surface area contributed by atoms with Gasteiger partial charge in [0.25, 0.3) is 0 Å². The van der Waals surface area contributed by atoms with Crippen molar-refractivity contribution in [1.82, 2.24) is 25.0 Å². The van der Waals surface area contributed by atoms with E-state index in [-0.39, 0.29) is 23.4 Å². The fourth-order valence-electron chi connectivity index (χ4n) is 2.07. The lowest BCUT2D eigenvalue weighted by atomic mass is 10.0.